The summed E-state index contributed by atoms with van der Waals surface area (Å²) in [5.74, 6) is 0. The van der Waals surface area contributed by atoms with Gasteiger partial charge in [0.15, 0.2) is 0 Å². The van der Waals surface area contributed by atoms with Crippen molar-refractivity contribution in [2.45, 2.75) is 25.3 Å². The fraction of sp³-hybridized carbons (Fsp3) is 0.500. The molecule has 0 radical (unpaired) electrons. The van der Waals surface area contributed by atoms with Crippen LogP contribution in [-0.4, -0.2) is 20.8 Å². The Hall–Kier alpha value is -0.383. The van der Waals surface area contributed by atoms with Crippen molar-refractivity contribution in [3.63, 3.8) is 0 Å². The predicted molar refractivity (Wildman–Crippen MR) is 45.5 cm³/mol. The standard InChI is InChI=1S/C8H12O2Si/c1-11(2)9-7-5-3-4-6-8(7)10-11/h3-8H,1-2H3. The van der Waals surface area contributed by atoms with Crippen molar-refractivity contribution in [2.24, 2.45) is 0 Å². The summed E-state index contributed by atoms with van der Waals surface area (Å²) in [4.78, 5) is 0. The molecule has 2 aliphatic rings. The van der Waals surface area contributed by atoms with E-state index in [1.165, 1.54) is 0 Å². The van der Waals surface area contributed by atoms with Gasteiger partial charge in [0.1, 0.15) is 0 Å². The number of hydrogen-bond donors (Lipinski definition) is 0. The van der Waals surface area contributed by atoms with Gasteiger partial charge in [0.25, 0.3) is 0 Å². The van der Waals surface area contributed by atoms with Crippen molar-refractivity contribution in [1.29, 1.82) is 0 Å². The van der Waals surface area contributed by atoms with Crippen LogP contribution in [-0.2, 0) is 8.85 Å². The SMILES string of the molecule is C[Si]1(C)OC2C=CC=CC2O1. The summed E-state index contributed by atoms with van der Waals surface area (Å²) in [6.45, 7) is 4.15. The molecule has 0 N–H and O–H groups in total. The van der Waals surface area contributed by atoms with Gasteiger partial charge in [-0.25, -0.2) is 0 Å². The Balaban J connectivity index is 2.18. The second-order valence-electron chi connectivity index (χ2n) is 3.33. The quantitative estimate of drug-likeness (QED) is 0.511. The maximum absolute atomic E-state index is 5.73. The highest BCUT2D eigenvalue weighted by molar-refractivity contribution is 6.65. The second-order valence-corrected chi connectivity index (χ2v) is 6.61. The van der Waals surface area contributed by atoms with Crippen LogP contribution in [0.1, 0.15) is 0 Å². The molecule has 0 aromatic rings. The van der Waals surface area contributed by atoms with Crippen LogP contribution < -0.4 is 0 Å². The molecule has 0 saturated carbocycles. The minimum Gasteiger partial charge on any atom is -0.385 e. The lowest BCUT2D eigenvalue weighted by Gasteiger charge is -2.11. The number of hydrogen-bond acceptors (Lipinski definition) is 2. The molecule has 0 spiro atoms. The molecule has 2 unspecified atom stereocenters. The van der Waals surface area contributed by atoms with Crippen LogP contribution >= 0.6 is 0 Å². The summed E-state index contributed by atoms with van der Waals surface area (Å²) in [5.41, 5.74) is 0. The average Bonchev–Trinajstić information content (AvgIpc) is 2.21. The van der Waals surface area contributed by atoms with E-state index in [1.807, 2.05) is 12.2 Å². The van der Waals surface area contributed by atoms with E-state index in [-0.39, 0.29) is 12.2 Å². The highest BCUT2D eigenvalue weighted by atomic mass is 28.4. The van der Waals surface area contributed by atoms with Crippen LogP contribution in [0.4, 0.5) is 0 Å². The van der Waals surface area contributed by atoms with Gasteiger partial charge in [0.05, 0.1) is 12.2 Å². The summed E-state index contributed by atoms with van der Waals surface area (Å²) in [5, 5.41) is 0. The van der Waals surface area contributed by atoms with Crippen LogP contribution in [0.3, 0.4) is 0 Å². The second kappa shape index (κ2) is 2.30. The van der Waals surface area contributed by atoms with E-state index in [2.05, 4.69) is 25.2 Å². The molecule has 1 aliphatic carbocycles. The van der Waals surface area contributed by atoms with Crippen molar-refractivity contribution in [2.75, 3.05) is 0 Å². The van der Waals surface area contributed by atoms with Crippen LogP contribution in [0.25, 0.3) is 0 Å². The molecule has 1 heterocycles. The van der Waals surface area contributed by atoms with Gasteiger partial charge in [-0.2, -0.15) is 0 Å². The number of fused-ring (bicyclic) bond motifs is 1. The molecule has 0 amide bonds. The first kappa shape index (κ1) is 7.28. The molecular weight excluding hydrogens is 156 g/mol. The molecule has 2 atom stereocenters. The lowest BCUT2D eigenvalue weighted by Crippen LogP contribution is -2.28. The van der Waals surface area contributed by atoms with E-state index in [9.17, 15) is 0 Å². The lowest BCUT2D eigenvalue weighted by atomic mass is 10.1. The first-order valence-corrected chi connectivity index (χ1v) is 6.70. The first-order chi connectivity index (χ1) is 5.17. The third-order valence-electron chi connectivity index (χ3n) is 1.88. The van der Waals surface area contributed by atoms with Crippen molar-refractivity contribution in [3.8, 4) is 0 Å². The Morgan fingerprint density at radius 1 is 1.00 bits per heavy atom. The van der Waals surface area contributed by atoms with E-state index in [1.54, 1.807) is 0 Å². The third-order valence-corrected chi connectivity index (χ3v) is 3.56. The van der Waals surface area contributed by atoms with Crippen LogP contribution in [0.5, 0.6) is 0 Å². The Bertz CT molecular complexity index is 198. The van der Waals surface area contributed by atoms with Gasteiger partial charge < -0.3 is 8.85 Å². The predicted octanol–water partition coefficient (Wildman–Crippen LogP) is 1.60. The van der Waals surface area contributed by atoms with Gasteiger partial charge >= 0.3 is 8.56 Å². The van der Waals surface area contributed by atoms with Gasteiger partial charge in [0.2, 0.25) is 0 Å². The molecule has 0 aromatic carbocycles. The van der Waals surface area contributed by atoms with E-state index >= 15 is 0 Å². The van der Waals surface area contributed by atoms with Crippen LogP contribution in [0.2, 0.25) is 13.1 Å². The minimum atomic E-state index is -1.77. The molecule has 0 aromatic heterocycles. The van der Waals surface area contributed by atoms with Crippen molar-refractivity contribution in [3.05, 3.63) is 24.3 Å². The van der Waals surface area contributed by atoms with Crippen molar-refractivity contribution in [1.82, 2.24) is 0 Å². The summed E-state index contributed by atoms with van der Waals surface area (Å²) in [6, 6.07) is 0. The van der Waals surface area contributed by atoms with E-state index in [0.29, 0.717) is 0 Å². The van der Waals surface area contributed by atoms with Gasteiger partial charge in [-0.05, 0) is 13.1 Å². The van der Waals surface area contributed by atoms with Crippen LogP contribution in [0.15, 0.2) is 24.3 Å². The maximum atomic E-state index is 5.73. The minimum absolute atomic E-state index is 0.182. The summed E-state index contributed by atoms with van der Waals surface area (Å²) >= 11 is 0. The fourth-order valence-electron chi connectivity index (χ4n) is 1.46. The molecular formula is C8H12O2Si. The first-order valence-electron chi connectivity index (χ1n) is 3.88. The Kier molecular flexibility index (Phi) is 1.52. The molecule has 2 nitrogen and oxygen atoms in total. The lowest BCUT2D eigenvalue weighted by molar-refractivity contribution is 0.233. The largest absolute Gasteiger partial charge is 0.385 e. The normalized spacial score (nSPS) is 39.1. The van der Waals surface area contributed by atoms with Gasteiger partial charge in [-0.1, -0.05) is 24.3 Å². The summed E-state index contributed by atoms with van der Waals surface area (Å²) < 4.78 is 11.5. The van der Waals surface area contributed by atoms with Gasteiger partial charge in [0, 0.05) is 0 Å². The molecule has 1 saturated heterocycles. The number of rotatable bonds is 0. The molecule has 2 rings (SSSR count). The summed E-state index contributed by atoms with van der Waals surface area (Å²) in [6.07, 6.45) is 8.52. The van der Waals surface area contributed by atoms with Crippen molar-refractivity contribution < 1.29 is 8.85 Å². The molecule has 3 heteroatoms. The smallest absolute Gasteiger partial charge is 0.332 e. The zero-order chi connectivity index (χ0) is 7.90. The van der Waals surface area contributed by atoms with E-state index in [0.717, 1.165) is 0 Å². The fourth-order valence-corrected chi connectivity index (χ4v) is 3.25. The Morgan fingerprint density at radius 2 is 1.45 bits per heavy atom. The Labute approximate surface area is 67.8 Å². The molecule has 1 aliphatic heterocycles. The van der Waals surface area contributed by atoms with Gasteiger partial charge in [-0.3, -0.25) is 0 Å². The van der Waals surface area contributed by atoms with E-state index in [4.69, 9.17) is 8.85 Å². The van der Waals surface area contributed by atoms with E-state index < -0.39 is 8.56 Å². The highest BCUT2D eigenvalue weighted by Crippen LogP contribution is 2.28. The van der Waals surface area contributed by atoms with Crippen molar-refractivity contribution >= 4 is 8.56 Å². The third kappa shape index (κ3) is 1.31. The van der Waals surface area contributed by atoms with Gasteiger partial charge in [-0.15, -0.1) is 0 Å². The number of allylic oxidation sites excluding steroid dienone is 2. The maximum Gasteiger partial charge on any atom is 0.332 e. The summed E-state index contributed by atoms with van der Waals surface area (Å²) in [7, 11) is -1.77. The molecule has 60 valence electrons. The zero-order valence-corrected chi connectivity index (χ0v) is 7.78. The molecule has 0 bridgehead atoms. The Morgan fingerprint density at radius 3 is 1.91 bits per heavy atom. The average molecular weight is 168 g/mol. The topological polar surface area (TPSA) is 18.5 Å². The molecule has 11 heavy (non-hydrogen) atoms. The molecule has 1 fully saturated rings. The highest BCUT2D eigenvalue weighted by Gasteiger charge is 2.41. The monoisotopic (exact) mass is 168 g/mol. The van der Waals surface area contributed by atoms with Crippen LogP contribution in [0, 0.1) is 0 Å². The zero-order valence-electron chi connectivity index (χ0n) is 6.78.